The number of thiophene rings is 1. The second-order valence-corrected chi connectivity index (χ2v) is 7.23. The zero-order valence-electron chi connectivity index (χ0n) is 15.1. The van der Waals surface area contributed by atoms with Crippen molar-refractivity contribution in [3.8, 4) is 11.3 Å². The first-order valence-corrected chi connectivity index (χ1v) is 9.22. The molecular formula is C19H15N5O3S. The van der Waals surface area contributed by atoms with Gasteiger partial charge in [0, 0.05) is 31.9 Å². The maximum atomic E-state index is 12.7. The molecule has 9 heteroatoms. The first-order chi connectivity index (χ1) is 13.5. The molecule has 4 rings (SSSR count). The van der Waals surface area contributed by atoms with Crippen LogP contribution in [0.3, 0.4) is 0 Å². The Morgan fingerprint density at radius 1 is 1.25 bits per heavy atom. The summed E-state index contributed by atoms with van der Waals surface area (Å²) in [6.07, 6.45) is 3.06. The standard InChI is InChI=1S/C19H15N5O3S/c1-22(2)15-6-5-12(10-16(15)24(26)27)14-7-8-20-19-13(11-21-23(14)19)18(25)17-4-3-9-28-17/h3-11H,1-2H3. The molecule has 0 saturated carbocycles. The lowest BCUT2D eigenvalue weighted by molar-refractivity contribution is -0.384. The third-order valence-corrected chi connectivity index (χ3v) is 5.21. The molecule has 0 aliphatic carbocycles. The van der Waals surface area contributed by atoms with Gasteiger partial charge in [-0.25, -0.2) is 9.50 Å². The molecule has 0 radical (unpaired) electrons. The fourth-order valence-electron chi connectivity index (χ4n) is 3.02. The Labute approximate surface area is 163 Å². The molecule has 28 heavy (non-hydrogen) atoms. The molecule has 0 saturated heterocycles. The zero-order valence-corrected chi connectivity index (χ0v) is 15.9. The summed E-state index contributed by atoms with van der Waals surface area (Å²) in [4.78, 5) is 30.4. The Hall–Kier alpha value is -3.59. The van der Waals surface area contributed by atoms with E-state index in [1.54, 1.807) is 49.5 Å². The number of benzene rings is 1. The molecule has 0 amide bonds. The van der Waals surface area contributed by atoms with Crippen molar-refractivity contribution in [2.45, 2.75) is 0 Å². The third-order valence-electron chi connectivity index (χ3n) is 4.34. The summed E-state index contributed by atoms with van der Waals surface area (Å²) < 4.78 is 1.54. The predicted molar refractivity (Wildman–Crippen MR) is 107 cm³/mol. The molecule has 3 heterocycles. The van der Waals surface area contributed by atoms with Crippen LogP contribution in [0.1, 0.15) is 15.2 Å². The van der Waals surface area contributed by atoms with Gasteiger partial charge in [-0.3, -0.25) is 14.9 Å². The van der Waals surface area contributed by atoms with Gasteiger partial charge in [-0.1, -0.05) is 12.1 Å². The van der Waals surface area contributed by atoms with Crippen LogP contribution in [-0.2, 0) is 0 Å². The topological polar surface area (TPSA) is 93.6 Å². The number of nitrogens with zero attached hydrogens (tertiary/aromatic N) is 5. The quantitative estimate of drug-likeness (QED) is 0.292. The maximum Gasteiger partial charge on any atom is 0.293 e. The minimum atomic E-state index is -0.411. The normalized spacial score (nSPS) is 10.9. The first-order valence-electron chi connectivity index (χ1n) is 8.34. The molecule has 140 valence electrons. The van der Waals surface area contributed by atoms with Crippen LogP contribution in [0.15, 0.2) is 54.2 Å². The van der Waals surface area contributed by atoms with E-state index in [0.717, 1.165) is 0 Å². The molecule has 3 aromatic heterocycles. The largest absolute Gasteiger partial charge is 0.372 e. The van der Waals surface area contributed by atoms with E-state index in [1.807, 2.05) is 11.4 Å². The summed E-state index contributed by atoms with van der Waals surface area (Å²) in [5, 5.41) is 17.7. The van der Waals surface area contributed by atoms with Gasteiger partial charge < -0.3 is 4.90 Å². The molecule has 0 atom stereocenters. The minimum Gasteiger partial charge on any atom is -0.372 e. The number of rotatable bonds is 5. The number of aromatic nitrogens is 3. The van der Waals surface area contributed by atoms with E-state index < -0.39 is 4.92 Å². The van der Waals surface area contributed by atoms with Gasteiger partial charge in [-0.2, -0.15) is 5.10 Å². The highest BCUT2D eigenvalue weighted by Gasteiger charge is 2.21. The molecule has 0 N–H and O–H groups in total. The number of anilines is 1. The molecule has 0 fully saturated rings. The number of nitro groups is 1. The van der Waals surface area contributed by atoms with Crippen molar-refractivity contribution in [1.29, 1.82) is 0 Å². The molecule has 0 bridgehead atoms. The van der Waals surface area contributed by atoms with Gasteiger partial charge in [0.1, 0.15) is 5.69 Å². The van der Waals surface area contributed by atoms with Crippen molar-refractivity contribution in [3.05, 3.63) is 74.7 Å². The van der Waals surface area contributed by atoms with Gasteiger partial charge in [-0.15, -0.1) is 11.3 Å². The smallest absolute Gasteiger partial charge is 0.293 e. The lowest BCUT2D eigenvalue weighted by Crippen LogP contribution is -2.11. The van der Waals surface area contributed by atoms with Crippen LogP contribution in [-0.4, -0.2) is 39.4 Å². The van der Waals surface area contributed by atoms with Crippen LogP contribution in [0.5, 0.6) is 0 Å². The lowest BCUT2D eigenvalue weighted by Gasteiger charge is -2.13. The summed E-state index contributed by atoms with van der Waals surface area (Å²) in [5.74, 6) is -0.149. The number of nitro benzene ring substituents is 1. The van der Waals surface area contributed by atoms with Crippen molar-refractivity contribution in [1.82, 2.24) is 14.6 Å². The van der Waals surface area contributed by atoms with Crippen LogP contribution in [0.4, 0.5) is 11.4 Å². The zero-order chi connectivity index (χ0) is 19.8. The summed E-state index contributed by atoms with van der Waals surface area (Å²) in [7, 11) is 3.51. The second-order valence-electron chi connectivity index (χ2n) is 6.29. The molecular weight excluding hydrogens is 378 g/mol. The van der Waals surface area contributed by atoms with E-state index >= 15 is 0 Å². The van der Waals surface area contributed by atoms with Gasteiger partial charge in [-0.05, 0) is 23.6 Å². The number of fused-ring (bicyclic) bond motifs is 1. The summed E-state index contributed by atoms with van der Waals surface area (Å²) in [5.41, 5.74) is 2.54. The average Bonchev–Trinajstić information content (AvgIpc) is 3.36. The van der Waals surface area contributed by atoms with Crippen molar-refractivity contribution in [2.24, 2.45) is 0 Å². The Morgan fingerprint density at radius 3 is 2.75 bits per heavy atom. The van der Waals surface area contributed by atoms with E-state index in [9.17, 15) is 14.9 Å². The van der Waals surface area contributed by atoms with E-state index in [-0.39, 0.29) is 11.5 Å². The van der Waals surface area contributed by atoms with Crippen molar-refractivity contribution >= 4 is 34.1 Å². The van der Waals surface area contributed by atoms with Gasteiger partial charge in [0.2, 0.25) is 5.78 Å². The Kier molecular flexibility index (Phi) is 4.36. The predicted octanol–water partition coefficient (Wildman–Crippen LogP) is 3.66. The molecule has 0 aliphatic rings. The molecule has 8 nitrogen and oxygen atoms in total. The van der Waals surface area contributed by atoms with Crippen LogP contribution < -0.4 is 4.90 Å². The maximum absolute atomic E-state index is 12.7. The summed E-state index contributed by atoms with van der Waals surface area (Å²) in [6.45, 7) is 0. The van der Waals surface area contributed by atoms with Crippen LogP contribution >= 0.6 is 11.3 Å². The third kappa shape index (κ3) is 2.91. The van der Waals surface area contributed by atoms with Crippen LogP contribution in [0.25, 0.3) is 16.9 Å². The molecule has 0 unspecified atom stereocenters. The Morgan fingerprint density at radius 2 is 2.07 bits per heavy atom. The number of ketones is 1. The highest BCUT2D eigenvalue weighted by molar-refractivity contribution is 7.12. The summed E-state index contributed by atoms with van der Waals surface area (Å²) >= 11 is 1.35. The fraction of sp³-hybridized carbons (Fsp3) is 0.105. The molecule has 0 aliphatic heterocycles. The van der Waals surface area contributed by atoms with E-state index in [0.29, 0.717) is 33.0 Å². The SMILES string of the molecule is CN(C)c1ccc(-c2ccnc3c(C(=O)c4cccs4)cnn23)cc1[N+](=O)[O-]. The molecule has 4 aromatic rings. The van der Waals surface area contributed by atoms with E-state index in [2.05, 4.69) is 10.1 Å². The van der Waals surface area contributed by atoms with Gasteiger partial charge in [0.05, 0.1) is 27.3 Å². The van der Waals surface area contributed by atoms with E-state index in [4.69, 9.17) is 0 Å². The minimum absolute atomic E-state index is 0.00509. The van der Waals surface area contributed by atoms with Gasteiger partial charge >= 0.3 is 0 Å². The number of carbonyl (C=O) groups excluding carboxylic acids is 1. The molecule has 0 spiro atoms. The van der Waals surface area contributed by atoms with Crippen LogP contribution in [0, 0.1) is 10.1 Å². The average molecular weight is 393 g/mol. The Balaban J connectivity index is 1.86. The van der Waals surface area contributed by atoms with E-state index in [1.165, 1.54) is 28.1 Å². The van der Waals surface area contributed by atoms with Crippen molar-refractivity contribution in [3.63, 3.8) is 0 Å². The van der Waals surface area contributed by atoms with Gasteiger partial charge in [0.25, 0.3) is 5.69 Å². The number of hydrogen-bond donors (Lipinski definition) is 0. The lowest BCUT2D eigenvalue weighted by atomic mass is 10.1. The number of carbonyl (C=O) groups is 1. The molecule has 1 aromatic carbocycles. The highest BCUT2D eigenvalue weighted by atomic mass is 32.1. The highest BCUT2D eigenvalue weighted by Crippen LogP contribution is 2.32. The monoisotopic (exact) mass is 393 g/mol. The first kappa shape index (κ1) is 17.8. The summed E-state index contributed by atoms with van der Waals surface area (Å²) in [6, 6.07) is 10.3. The van der Waals surface area contributed by atoms with Crippen molar-refractivity contribution in [2.75, 3.05) is 19.0 Å². The fourth-order valence-corrected chi connectivity index (χ4v) is 3.70. The van der Waals surface area contributed by atoms with Crippen LogP contribution in [0.2, 0.25) is 0 Å². The second kappa shape index (κ2) is 6.86. The Bertz CT molecular complexity index is 1200. The van der Waals surface area contributed by atoms with Crippen molar-refractivity contribution < 1.29 is 9.72 Å². The van der Waals surface area contributed by atoms with Gasteiger partial charge in [0.15, 0.2) is 5.65 Å². The number of hydrogen-bond acceptors (Lipinski definition) is 7.